The van der Waals surface area contributed by atoms with E-state index in [4.69, 9.17) is 4.42 Å². The molecule has 0 saturated carbocycles. The van der Waals surface area contributed by atoms with Crippen molar-refractivity contribution >= 4 is 23.8 Å². The van der Waals surface area contributed by atoms with Gasteiger partial charge in [-0.25, -0.2) is 0 Å². The Morgan fingerprint density at radius 1 is 0.640 bits per heavy atom. The molecule has 3 aromatic rings. The zero-order valence-corrected chi connectivity index (χ0v) is 14.6. The predicted molar refractivity (Wildman–Crippen MR) is 105 cm³/mol. The number of benzene rings is 2. The van der Waals surface area contributed by atoms with Crippen LogP contribution in [0.3, 0.4) is 0 Å². The van der Waals surface area contributed by atoms with Crippen molar-refractivity contribution in [2.75, 3.05) is 0 Å². The number of aliphatic imine (C=N–C) groups is 2. The minimum absolute atomic E-state index is 0.711. The summed E-state index contributed by atoms with van der Waals surface area (Å²) >= 11 is 0. The fraction of sp³-hybridized carbons (Fsp3) is 0.182. The average Bonchev–Trinajstić information content (AvgIpc) is 3.13. The molecular formula is C22H22N2O. The van der Waals surface area contributed by atoms with Crippen LogP contribution in [-0.2, 0) is 12.8 Å². The van der Waals surface area contributed by atoms with Gasteiger partial charge in [0.15, 0.2) is 0 Å². The summed E-state index contributed by atoms with van der Waals surface area (Å²) in [4.78, 5) is 8.88. The van der Waals surface area contributed by atoms with E-state index in [1.807, 2.05) is 36.4 Å². The molecule has 0 saturated heterocycles. The van der Waals surface area contributed by atoms with Crippen molar-refractivity contribution in [3.05, 3.63) is 83.3 Å². The van der Waals surface area contributed by atoms with Gasteiger partial charge in [-0.15, -0.1) is 0 Å². The second-order valence-corrected chi connectivity index (χ2v) is 5.80. The van der Waals surface area contributed by atoms with E-state index in [2.05, 4.69) is 48.1 Å². The van der Waals surface area contributed by atoms with Crippen LogP contribution in [0.2, 0.25) is 0 Å². The van der Waals surface area contributed by atoms with Crippen LogP contribution in [0.4, 0.5) is 11.4 Å². The molecule has 0 aliphatic rings. The minimum Gasteiger partial charge on any atom is -0.454 e. The first kappa shape index (κ1) is 16.9. The molecule has 3 nitrogen and oxygen atoms in total. The van der Waals surface area contributed by atoms with Gasteiger partial charge in [0, 0.05) is 0 Å². The summed E-state index contributed by atoms with van der Waals surface area (Å²) in [7, 11) is 0. The summed E-state index contributed by atoms with van der Waals surface area (Å²) in [5, 5.41) is 0. The lowest BCUT2D eigenvalue weighted by Crippen LogP contribution is -1.79. The molecule has 0 aliphatic carbocycles. The lowest BCUT2D eigenvalue weighted by Gasteiger charge is -1.96. The van der Waals surface area contributed by atoms with E-state index < -0.39 is 0 Å². The maximum absolute atomic E-state index is 5.72. The van der Waals surface area contributed by atoms with Gasteiger partial charge in [-0.3, -0.25) is 9.98 Å². The quantitative estimate of drug-likeness (QED) is 0.518. The Morgan fingerprint density at radius 2 is 1.04 bits per heavy atom. The average molecular weight is 330 g/mol. The van der Waals surface area contributed by atoms with Crippen LogP contribution in [0.5, 0.6) is 0 Å². The summed E-state index contributed by atoms with van der Waals surface area (Å²) in [6.07, 6.45) is 5.53. The first-order valence-electron chi connectivity index (χ1n) is 8.62. The smallest absolute Gasteiger partial charge is 0.145 e. The molecular weight excluding hydrogens is 308 g/mol. The molecule has 0 unspecified atom stereocenters. The molecule has 1 aromatic heterocycles. The number of nitrogens with zero attached hydrogens (tertiary/aromatic N) is 2. The topological polar surface area (TPSA) is 37.9 Å². The summed E-state index contributed by atoms with van der Waals surface area (Å²) in [6, 6.07) is 20.2. The van der Waals surface area contributed by atoms with E-state index in [0.29, 0.717) is 11.5 Å². The number of hydrogen-bond donors (Lipinski definition) is 0. The summed E-state index contributed by atoms with van der Waals surface area (Å²) in [5.74, 6) is 1.42. The zero-order chi connectivity index (χ0) is 17.5. The molecule has 0 spiro atoms. The Kier molecular flexibility index (Phi) is 5.57. The fourth-order valence-corrected chi connectivity index (χ4v) is 2.42. The van der Waals surface area contributed by atoms with E-state index in [9.17, 15) is 0 Å². The molecule has 0 bridgehead atoms. The molecule has 126 valence electrons. The second-order valence-electron chi connectivity index (χ2n) is 5.80. The van der Waals surface area contributed by atoms with E-state index in [1.165, 1.54) is 11.1 Å². The minimum atomic E-state index is 0.711. The molecule has 2 aromatic carbocycles. The highest BCUT2D eigenvalue weighted by atomic mass is 16.3. The number of furan rings is 1. The third-order valence-electron chi connectivity index (χ3n) is 4.02. The molecule has 1 heterocycles. The van der Waals surface area contributed by atoms with Gasteiger partial charge in [0.05, 0.1) is 23.8 Å². The molecule has 0 amide bonds. The second kappa shape index (κ2) is 8.25. The van der Waals surface area contributed by atoms with Gasteiger partial charge in [-0.05, 0) is 60.4 Å². The number of aryl methyl sites for hydroxylation is 2. The van der Waals surface area contributed by atoms with Gasteiger partial charge in [-0.1, -0.05) is 38.1 Å². The van der Waals surface area contributed by atoms with E-state index in [1.54, 1.807) is 12.4 Å². The van der Waals surface area contributed by atoms with Crippen molar-refractivity contribution in [2.45, 2.75) is 26.7 Å². The highest BCUT2D eigenvalue weighted by molar-refractivity contribution is 5.83. The van der Waals surface area contributed by atoms with Gasteiger partial charge >= 0.3 is 0 Å². The van der Waals surface area contributed by atoms with Gasteiger partial charge < -0.3 is 4.42 Å². The SMILES string of the molecule is CCc1ccc(N=Cc2ccc(C=Nc3ccc(CC)cc3)o2)cc1. The molecule has 3 rings (SSSR count). The van der Waals surface area contributed by atoms with Crippen LogP contribution in [0.25, 0.3) is 0 Å². The van der Waals surface area contributed by atoms with Gasteiger partial charge in [0.1, 0.15) is 11.5 Å². The van der Waals surface area contributed by atoms with Crippen molar-refractivity contribution in [3.8, 4) is 0 Å². The largest absolute Gasteiger partial charge is 0.454 e. The molecule has 25 heavy (non-hydrogen) atoms. The van der Waals surface area contributed by atoms with Gasteiger partial charge in [-0.2, -0.15) is 0 Å². The fourth-order valence-electron chi connectivity index (χ4n) is 2.42. The predicted octanol–water partition coefficient (Wildman–Crippen LogP) is 5.91. The van der Waals surface area contributed by atoms with Crippen LogP contribution >= 0.6 is 0 Å². The van der Waals surface area contributed by atoms with E-state index in [0.717, 1.165) is 24.2 Å². The summed E-state index contributed by atoms with van der Waals surface area (Å²) in [6.45, 7) is 4.28. The third kappa shape index (κ3) is 4.77. The first-order chi connectivity index (χ1) is 12.3. The van der Waals surface area contributed by atoms with Crippen molar-refractivity contribution in [3.63, 3.8) is 0 Å². The molecule has 0 N–H and O–H groups in total. The Hall–Kier alpha value is -2.94. The van der Waals surface area contributed by atoms with Crippen LogP contribution in [0, 0.1) is 0 Å². The maximum atomic E-state index is 5.72. The van der Waals surface area contributed by atoms with Crippen molar-refractivity contribution in [1.29, 1.82) is 0 Å². The highest BCUT2D eigenvalue weighted by Gasteiger charge is 1.98. The van der Waals surface area contributed by atoms with Crippen molar-refractivity contribution in [1.82, 2.24) is 0 Å². The number of hydrogen-bond acceptors (Lipinski definition) is 3. The zero-order valence-electron chi connectivity index (χ0n) is 14.6. The van der Waals surface area contributed by atoms with E-state index >= 15 is 0 Å². The Labute approximate surface area is 148 Å². The molecule has 3 heteroatoms. The lowest BCUT2D eigenvalue weighted by atomic mass is 10.1. The molecule has 0 fully saturated rings. The normalized spacial score (nSPS) is 11.6. The van der Waals surface area contributed by atoms with E-state index in [-0.39, 0.29) is 0 Å². The first-order valence-corrected chi connectivity index (χ1v) is 8.62. The van der Waals surface area contributed by atoms with Gasteiger partial charge in [0.2, 0.25) is 0 Å². The maximum Gasteiger partial charge on any atom is 0.145 e. The Balaban J connectivity index is 1.64. The Morgan fingerprint density at radius 3 is 1.40 bits per heavy atom. The van der Waals surface area contributed by atoms with Crippen LogP contribution < -0.4 is 0 Å². The summed E-state index contributed by atoms with van der Waals surface area (Å²) in [5.41, 5.74) is 4.45. The Bertz CT molecular complexity index is 784. The van der Waals surface area contributed by atoms with Crippen molar-refractivity contribution < 1.29 is 4.42 Å². The number of rotatable bonds is 6. The standard InChI is InChI=1S/C22H22N2O/c1-3-17-5-9-19(10-6-17)23-15-21-13-14-22(25-21)16-24-20-11-7-18(4-2)8-12-20/h5-16H,3-4H2,1-2H3. The van der Waals surface area contributed by atoms with Gasteiger partial charge in [0.25, 0.3) is 0 Å². The highest BCUT2D eigenvalue weighted by Crippen LogP contribution is 2.15. The molecule has 0 radical (unpaired) electrons. The van der Waals surface area contributed by atoms with Crippen molar-refractivity contribution in [2.24, 2.45) is 9.98 Å². The monoisotopic (exact) mass is 330 g/mol. The van der Waals surface area contributed by atoms with Crippen LogP contribution in [0.15, 0.2) is 75.1 Å². The summed E-state index contributed by atoms with van der Waals surface area (Å²) < 4.78 is 5.72. The molecule has 0 aliphatic heterocycles. The van der Waals surface area contributed by atoms with Crippen LogP contribution in [-0.4, -0.2) is 12.4 Å². The van der Waals surface area contributed by atoms with Crippen LogP contribution in [0.1, 0.15) is 36.5 Å². The molecule has 0 atom stereocenters. The lowest BCUT2D eigenvalue weighted by molar-refractivity contribution is 0.553. The third-order valence-corrected chi connectivity index (χ3v) is 4.02.